The molecule has 1 fully saturated rings. The molecular formula is C23H34N2O2. The molecule has 1 saturated carbocycles. The molecular weight excluding hydrogens is 336 g/mol. The molecule has 0 aliphatic heterocycles. The quantitative estimate of drug-likeness (QED) is 0.479. The van der Waals surface area contributed by atoms with E-state index in [4.69, 9.17) is 11.2 Å². The number of benzene rings is 1. The van der Waals surface area contributed by atoms with Crippen LogP contribution in [0.25, 0.3) is 0 Å². The molecule has 0 amide bonds. The third kappa shape index (κ3) is 7.38. The van der Waals surface area contributed by atoms with E-state index in [9.17, 15) is 5.11 Å². The third-order valence-electron chi connectivity index (χ3n) is 5.20. The molecule has 0 spiro atoms. The van der Waals surface area contributed by atoms with E-state index in [1.165, 1.54) is 32.1 Å². The second kappa shape index (κ2) is 11.8. The predicted octanol–water partition coefficient (Wildman–Crippen LogP) is 3.31. The zero-order chi connectivity index (χ0) is 19.5. The predicted molar refractivity (Wildman–Crippen MR) is 112 cm³/mol. The minimum absolute atomic E-state index is 0.296. The number of aliphatic hydroxyl groups is 1. The minimum Gasteiger partial charge on any atom is -0.491 e. The van der Waals surface area contributed by atoms with Crippen LogP contribution in [-0.2, 0) is 6.54 Å². The van der Waals surface area contributed by atoms with Gasteiger partial charge in [0.1, 0.15) is 18.5 Å². The van der Waals surface area contributed by atoms with Crippen LogP contribution < -0.4 is 4.74 Å². The first-order chi connectivity index (χ1) is 13.1. The summed E-state index contributed by atoms with van der Waals surface area (Å²) in [5, 5.41) is 10.4. The maximum atomic E-state index is 10.4. The lowest BCUT2D eigenvalue weighted by Crippen LogP contribution is -2.40. The Balaban J connectivity index is 1.87. The number of aliphatic hydroxyl groups excluding tert-OH is 1. The van der Waals surface area contributed by atoms with Crippen LogP contribution in [0.3, 0.4) is 0 Å². The van der Waals surface area contributed by atoms with Crippen molar-refractivity contribution in [1.29, 1.82) is 0 Å². The van der Waals surface area contributed by atoms with Crippen molar-refractivity contribution in [3.05, 3.63) is 42.5 Å². The molecule has 27 heavy (non-hydrogen) atoms. The molecule has 1 aromatic carbocycles. The molecule has 0 unspecified atom stereocenters. The number of terminal acetylenes is 1. The molecule has 0 aromatic heterocycles. The standard InChI is InChI=1S/C23H34N2O2/c1-4-15-25(16-5-2)17-20-11-9-10-14-23(20)27-19-22(26)18-24(3)21-12-7-6-8-13-21/h1,5,9-11,14,21-22,26H,2,6-8,12-13,15-19H2,3H3/t22-/m1/s1. The molecule has 0 heterocycles. The van der Waals surface area contributed by atoms with Gasteiger partial charge in [-0.25, -0.2) is 0 Å². The molecule has 1 aliphatic carbocycles. The van der Waals surface area contributed by atoms with Crippen LogP contribution in [0.2, 0.25) is 0 Å². The smallest absolute Gasteiger partial charge is 0.123 e. The highest BCUT2D eigenvalue weighted by Gasteiger charge is 2.20. The Labute approximate surface area is 164 Å². The van der Waals surface area contributed by atoms with Crippen molar-refractivity contribution in [3.63, 3.8) is 0 Å². The van der Waals surface area contributed by atoms with E-state index in [1.54, 1.807) is 0 Å². The van der Waals surface area contributed by atoms with Crippen molar-refractivity contribution in [2.24, 2.45) is 0 Å². The lowest BCUT2D eigenvalue weighted by Gasteiger charge is -2.32. The van der Waals surface area contributed by atoms with Crippen molar-refractivity contribution in [3.8, 4) is 18.1 Å². The number of nitrogens with zero attached hydrogens (tertiary/aromatic N) is 2. The van der Waals surface area contributed by atoms with Crippen LogP contribution in [-0.4, -0.2) is 60.3 Å². The van der Waals surface area contributed by atoms with Gasteiger partial charge in [0.2, 0.25) is 0 Å². The minimum atomic E-state index is -0.500. The molecule has 1 aromatic rings. The zero-order valence-corrected chi connectivity index (χ0v) is 16.6. The normalized spacial score (nSPS) is 16.3. The summed E-state index contributed by atoms with van der Waals surface area (Å²) in [5.74, 6) is 3.50. The summed E-state index contributed by atoms with van der Waals surface area (Å²) >= 11 is 0. The lowest BCUT2D eigenvalue weighted by molar-refractivity contribution is 0.0557. The highest BCUT2D eigenvalue weighted by atomic mass is 16.5. The Morgan fingerprint density at radius 1 is 1.33 bits per heavy atom. The van der Waals surface area contributed by atoms with Crippen LogP contribution in [0.4, 0.5) is 0 Å². The molecule has 148 valence electrons. The molecule has 1 atom stereocenters. The van der Waals surface area contributed by atoms with Gasteiger partial charge in [-0.3, -0.25) is 4.90 Å². The maximum absolute atomic E-state index is 10.4. The average Bonchev–Trinajstić information content (AvgIpc) is 2.68. The van der Waals surface area contributed by atoms with Crippen LogP contribution >= 0.6 is 0 Å². The second-order valence-electron chi connectivity index (χ2n) is 7.47. The SMILES string of the molecule is C#CCN(CC=C)Cc1ccccc1OC[C@H](O)CN(C)C1CCCCC1. The lowest BCUT2D eigenvalue weighted by atomic mass is 9.94. The fraction of sp³-hybridized carbons (Fsp3) is 0.565. The first-order valence-electron chi connectivity index (χ1n) is 9.99. The molecule has 4 nitrogen and oxygen atoms in total. The Bertz CT molecular complexity index is 605. The molecule has 4 heteroatoms. The molecule has 0 radical (unpaired) electrons. The maximum Gasteiger partial charge on any atom is 0.123 e. The molecule has 1 aliphatic rings. The van der Waals surface area contributed by atoms with Crippen LogP contribution in [0, 0.1) is 12.3 Å². The number of ether oxygens (including phenoxy) is 1. The Kier molecular flexibility index (Phi) is 9.41. The van der Waals surface area contributed by atoms with Gasteiger partial charge in [-0.2, -0.15) is 0 Å². The second-order valence-corrected chi connectivity index (χ2v) is 7.47. The highest BCUT2D eigenvalue weighted by molar-refractivity contribution is 5.33. The van der Waals surface area contributed by atoms with Crippen LogP contribution in [0.15, 0.2) is 36.9 Å². The fourth-order valence-corrected chi connectivity index (χ4v) is 3.75. The van der Waals surface area contributed by atoms with Gasteiger partial charge in [-0.1, -0.05) is 49.5 Å². The van der Waals surface area contributed by atoms with E-state index >= 15 is 0 Å². The zero-order valence-electron chi connectivity index (χ0n) is 16.6. The highest BCUT2D eigenvalue weighted by Crippen LogP contribution is 2.22. The van der Waals surface area contributed by atoms with E-state index in [0.717, 1.165) is 17.9 Å². The van der Waals surface area contributed by atoms with Gasteiger partial charge in [-0.05, 0) is 26.0 Å². The summed E-state index contributed by atoms with van der Waals surface area (Å²) in [4.78, 5) is 4.42. The molecule has 1 N–H and O–H groups in total. The summed E-state index contributed by atoms with van der Waals surface area (Å²) in [6.07, 6.45) is 13.2. The van der Waals surface area contributed by atoms with Gasteiger partial charge in [0.05, 0.1) is 6.54 Å². The van der Waals surface area contributed by atoms with E-state index < -0.39 is 6.10 Å². The van der Waals surface area contributed by atoms with Gasteiger partial charge in [0, 0.05) is 31.2 Å². The van der Waals surface area contributed by atoms with Gasteiger partial charge in [-0.15, -0.1) is 13.0 Å². The Morgan fingerprint density at radius 3 is 2.78 bits per heavy atom. The summed E-state index contributed by atoms with van der Waals surface area (Å²) in [6.45, 7) is 6.73. The van der Waals surface area contributed by atoms with Gasteiger partial charge in [0.15, 0.2) is 0 Å². The first kappa shape index (κ1) is 21.5. The van der Waals surface area contributed by atoms with Gasteiger partial charge >= 0.3 is 0 Å². The number of hydrogen-bond acceptors (Lipinski definition) is 4. The molecule has 0 bridgehead atoms. The van der Waals surface area contributed by atoms with Crippen molar-refractivity contribution in [1.82, 2.24) is 9.80 Å². The van der Waals surface area contributed by atoms with Crippen LogP contribution in [0.1, 0.15) is 37.7 Å². The summed E-state index contributed by atoms with van der Waals surface area (Å²) in [7, 11) is 2.11. The number of likely N-dealkylation sites (N-methyl/N-ethyl adjacent to an activating group) is 1. The van der Waals surface area contributed by atoms with E-state index in [2.05, 4.69) is 29.3 Å². The van der Waals surface area contributed by atoms with Crippen LogP contribution in [0.5, 0.6) is 5.75 Å². The van der Waals surface area contributed by atoms with E-state index in [0.29, 0.717) is 32.3 Å². The van der Waals surface area contributed by atoms with Crippen molar-refractivity contribution >= 4 is 0 Å². The van der Waals surface area contributed by atoms with Crippen molar-refractivity contribution in [2.45, 2.75) is 50.8 Å². The Hall–Kier alpha value is -1.80. The third-order valence-corrected chi connectivity index (χ3v) is 5.20. The monoisotopic (exact) mass is 370 g/mol. The summed E-state index contributed by atoms with van der Waals surface area (Å²) in [5.41, 5.74) is 1.07. The number of hydrogen-bond donors (Lipinski definition) is 1. The van der Waals surface area contributed by atoms with E-state index in [1.807, 2.05) is 30.3 Å². The van der Waals surface area contributed by atoms with Gasteiger partial charge in [0.25, 0.3) is 0 Å². The Morgan fingerprint density at radius 2 is 2.07 bits per heavy atom. The van der Waals surface area contributed by atoms with Gasteiger partial charge < -0.3 is 14.7 Å². The summed E-state index contributed by atoms with van der Waals surface area (Å²) in [6, 6.07) is 8.55. The first-order valence-corrected chi connectivity index (χ1v) is 9.99. The van der Waals surface area contributed by atoms with Crippen molar-refractivity contribution in [2.75, 3.05) is 33.3 Å². The van der Waals surface area contributed by atoms with E-state index in [-0.39, 0.29) is 0 Å². The topological polar surface area (TPSA) is 35.9 Å². The molecule has 0 saturated heterocycles. The number of rotatable bonds is 11. The van der Waals surface area contributed by atoms with Crippen molar-refractivity contribution < 1.29 is 9.84 Å². The fourth-order valence-electron chi connectivity index (χ4n) is 3.75. The average molecular weight is 371 g/mol. The largest absolute Gasteiger partial charge is 0.491 e. The molecule has 2 rings (SSSR count). The summed E-state index contributed by atoms with van der Waals surface area (Å²) < 4.78 is 5.96. The number of para-hydroxylation sites is 1.